The smallest absolute Gasteiger partial charge is 0.161 e. The number of ether oxygens (including phenoxy) is 1. The van der Waals surface area contributed by atoms with Crippen molar-refractivity contribution in [2.45, 2.75) is 31.6 Å². The molecular weight excluding hydrogens is 384 g/mol. The summed E-state index contributed by atoms with van der Waals surface area (Å²) >= 11 is 6.46. The van der Waals surface area contributed by atoms with Gasteiger partial charge >= 0.3 is 0 Å². The molecule has 0 fully saturated rings. The molecular formula is C24H21ClN2O2. The molecule has 3 atom stereocenters. The summed E-state index contributed by atoms with van der Waals surface area (Å²) < 4.78 is 5.23. The summed E-state index contributed by atoms with van der Waals surface area (Å²) in [5.74, 6) is 0.0429. The van der Waals surface area contributed by atoms with Crippen LogP contribution in [0.15, 0.2) is 64.8 Å². The number of methoxy groups -OCH3 is 1. The van der Waals surface area contributed by atoms with Crippen LogP contribution in [0.5, 0.6) is 5.75 Å². The molecule has 0 radical (unpaired) electrons. The number of rotatable bonds is 3. The third-order valence-corrected chi connectivity index (χ3v) is 6.20. The second kappa shape index (κ2) is 7.85. The number of carbonyl (C=O) groups excluding carboxylic acids is 1. The Hall–Kier alpha value is -2.90. The SMILES string of the molecule is COc1ccc([C@@H]2CC(=O)C3=C(C2)N=C(C)C(C#N)[C@@H]3c2ccccc2Cl)cc1. The number of benzene rings is 2. The lowest BCUT2D eigenvalue weighted by atomic mass is 9.69. The molecule has 29 heavy (non-hydrogen) atoms. The molecule has 0 aromatic heterocycles. The Balaban J connectivity index is 1.77. The second-order valence-electron chi connectivity index (χ2n) is 7.52. The maximum Gasteiger partial charge on any atom is 0.161 e. The van der Waals surface area contributed by atoms with E-state index in [-0.39, 0.29) is 17.6 Å². The molecule has 0 saturated carbocycles. The van der Waals surface area contributed by atoms with E-state index in [1.807, 2.05) is 49.4 Å². The van der Waals surface area contributed by atoms with Crippen LogP contribution in [0.3, 0.4) is 0 Å². The molecule has 4 rings (SSSR count). The number of hydrogen-bond donors (Lipinski definition) is 0. The van der Waals surface area contributed by atoms with E-state index in [4.69, 9.17) is 21.3 Å². The average Bonchev–Trinajstić information content (AvgIpc) is 2.73. The molecule has 5 heteroatoms. The van der Waals surface area contributed by atoms with Crippen molar-refractivity contribution in [3.63, 3.8) is 0 Å². The Morgan fingerprint density at radius 1 is 1.14 bits per heavy atom. The third-order valence-electron chi connectivity index (χ3n) is 5.86. The molecule has 2 aromatic rings. The predicted molar refractivity (Wildman–Crippen MR) is 113 cm³/mol. The molecule has 0 amide bonds. The van der Waals surface area contributed by atoms with Crippen LogP contribution in [0.25, 0.3) is 0 Å². The van der Waals surface area contributed by atoms with Gasteiger partial charge < -0.3 is 4.74 Å². The molecule has 1 aliphatic carbocycles. The van der Waals surface area contributed by atoms with Crippen molar-refractivity contribution in [3.05, 3.63) is 76.0 Å². The first kappa shape index (κ1) is 19.4. The summed E-state index contributed by atoms with van der Waals surface area (Å²) in [5, 5.41) is 10.4. The summed E-state index contributed by atoms with van der Waals surface area (Å²) in [4.78, 5) is 18.0. The number of allylic oxidation sites excluding steroid dienone is 2. The molecule has 0 spiro atoms. The highest BCUT2D eigenvalue weighted by atomic mass is 35.5. The fraction of sp³-hybridized carbons (Fsp3) is 0.292. The second-order valence-corrected chi connectivity index (χ2v) is 7.93. The molecule has 2 aromatic carbocycles. The van der Waals surface area contributed by atoms with Crippen molar-refractivity contribution in [3.8, 4) is 11.8 Å². The van der Waals surface area contributed by atoms with Crippen molar-refractivity contribution < 1.29 is 9.53 Å². The zero-order valence-corrected chi connectivity index (χ0v) is 17.1. The van der Waals surface area contributed by atoms with E-state index in [0.29, 0.717) is 23.4 Å². The number of carbonyl (C=O) groups is 1. The molecule has 1 heterocycles. The quantitative estimate of drug-likeness (QED) is 0.683. The largest absolute Gasteiger partial charge is 0.497 e. The van der Waals surface area contributed by atoms with E-state index >= 15 is 0 Å². The van der Waals surface area contributed by atoms with Crippen LogP contribution in [-0.2, 0) is 4.79 Å². The van der Waals surface area contributed by atoms with Crippen molar-refractivity contribution >= 4 is 23.1 Å². The van der Waals surface area contributed by atoms with Gasteiger partial charge in [0.25, 0.3) is 0 Å². The van der Waals surface area contributed by atoms with Gasteiger partial charge in [-0.15, -0.1) is 0 Å². The Kier molecular flexibility index (Phi) is 5.25. The fourth-order valence-electron chi connectivity index (χ4n) is 4.40. The highest BCUT2D eigenvalue weighted by molar-refractivity contribution is 6.31. The van der Waals surface area contributed by atoms with Crippen LogP contribution < -0.4 is 4.74 Å². The molecule has 146 valence electrons. The first-order valence-electron chi connectivity index (χ1n) is 9.63. The standard InChI is InChI=1S/C24H21ClN2O2/c1-14-19(13-26)23(18-5-3-4-6-20(18)25)24-21(27-14)11-16(12-22(24)28)15-7-9-17(29-2)10-8-15/h3-10,16,19,23H,11-12H2,1-2H3/t16-,19?,23-/m0/s1. The van der Waals surface area contributed by atoms with Crippen LogP contribution >= 0.6 is 11.6 Å². The van der Waals surface area contributed by atoms with Gasteiger partial charge in [-0.1, -0.05) is 41.9 Å². The highest BCUT2D eigenvalue weighted by Crippen LogP contribution is 2.47. The van der Waals surface area contributed by atoms with Gasteiger partial charge in [-0.05, 0) is 48.6 Å². The number of hydrogen-bond acceptors (Lipinski definition) is 4. The molecule has 1 unspecified atom stereocenters. The Bertz CT molecular complexity index is 1060. The zero-order valence-electron chi connectivity index (χ0n) is 16.4. The predicted octanol–water partition coefficient (Wildman–Crippen LogP) is 5.45. The zero-order chi connectivity index (χ0) is 20.5. The molecule has 0 bridgehead atoms. The van der Waals surface area contributed by atoms with Gasteiger partial charge in [-0.3, -0.25) is 9.79 Å². The Morgan fingerprint density at radius 3 is 2.52 bits per heavy atom. The molecule has 1 aliphatic heterocycles. The van der Waals surface area contributed by atoms with Gasteiger partial charge in [0, 0.05) is 34.3 Å². The van der Waals surface area contributed by atoms with Crippen molar-refractivity contribution in [1.29, 1.82) is 5.26 Å². The first-order chi connectivity index (χ1) is 14.0. The third kappa shape index (κ3) is 3.47. The summed E-state index contributed by atoms with van der Waals surface area (Å²) in [5.41, 5.74) is 4.09. The fourth-order valence-corrected chi connectivity index (χ4v) is 4.65. The minimum Gasteiger partial charge on any atom is -0.497 e. The summed E-state index contributed by atoms with van der Waals surface area (Å²) in [7, 11) is 1.64. The minimum atomic E-state index is -0.491. The summed E-state index contributed by atoms with van der Waals surface area (Å²) in [6, 6.07) is 17.6. The number of ketones is 1. The minimum absolute atomic E-state index is 0.0495. The lowest BCUT2D eigenvalue weighted by Gasteiger charge is -2.35. The topological polar surface area (TPSA) is 62.4 Å². The van der Waals surface area contributed by atoms with E-state index in [2.05, 4.69) is 6.07 Å². The molecule has 0 saturated heterocycles. The van der Waals surface area contributed by atoms with Crippen molar-refractivity contribution in [2.24, 2.45) is 10.9 Å². The monoisotopic (exact) mass is 404 g/mol. The molecule has 0 N–H and O–H groups in total. The van der Waals surface area contributed by atoms with Gasteiger partial charge in [0.15, 0.2) is 5.78 Å². The van der Waals surface area contributed by atoms with Crippen LogP contribution in [0.1, 0.15) is 42.7 Å². The van der Waals surface area contributed by atoms with E-state index in [9.17, 15) is 10.1 Å². The number of Topliss-reactive ketones (excluding diaryl/α,β-unsaturated/α-hetero) is 1. The summed E-state index contributed by atoms with van der Waals surface area (Å²) in [6.07, 6.45) is 1.07. The van der Waals surface area contributed by atoms with Crippen molar-refractivity contribution in [2.75, 3.05) is 7.11 Å². The van der Waals surface area contributed by atoms with Crippen molar-refractivity contribution in [1.82, 2.24) is 0 Å². The maximum absolute atomic E-state index is 13.3. The lowest BCUT2D eigenvalue weighted by molar-refractivity contribution is -0.116. The van der Waals surface area contributed by atoms with Gasteiger partial charge in [-0.2, -0.15) is 5.26 Å². The van der Waals surface area contributed by atoms with Crippen LogP contribution in [0.2, 0.25) is 5.02 Å². The normalized spacial score (nSPS) is 23.9. The number of nitrogens with zero attached hydrogens (tertiary/aromatic N) is 2. The lowest BCUT2D eigenvalue weighted by Crippen LogP contribution is -2.32. The Morgan fingerprint density at radius 2 is 1.86 bits per heavy atom. The highest BCUT2D eigenvalue weighted by Gasteiger charge is 2.41. The number of aliphatic imine (C=N–C) groups is 1. The Labute approximate surface area is 175 Å². The first-order valence-corrected chi connectivity index (χ1v) is 10.0. The summed E-state index contributed by atoms with van der Waals surface area (Å²) in [6.45, 7) is 1.86. The maximum atomic E-state index is 13.3. The molecule has 4 nitrogen and oxygen atoms in total. The molecule has 2 aliphatic rings. The number of halogens is 1. The van der Waals surface area contributed by atoms with Gasteiger partial charge in [0.05, 0.1) is 19.1 Å². The van der Waals surface area contributed by atoms with Gasteiger partial charge in [-0.25, -0.2) is 0 Å². The number of nitriles is 1. The van der Waals surface area contributed by atoms with Crippen LogP contribution in [0, 0.1) is 17.2 Å². The average molecular weight is 405 g/mol. The van der Waals surface area contributed by atoms with E-state index in [0.717, 1.165) is 28.3 Å². The van der Waals surface area contributed by atoms with E-state index < -0.39 is 5.92 Å². The van der Waals surface area contributed by atoms with Gasteiger partial charge in [0.2, 0.25) is 0 Å². The van der Waals surface area contributed by atoms with E-state index in [1.54, 1.807) is 13.2 Å². The van der Waals surface area contributed by atoms with E-state index in [1.165, 1.54) is 0 Å². The van der Waals surface area contributed by atoms with Gasteiger partial charge in [0.1, 0.15) is 5.75 Å². The van der Waals surface area contributed by atoms with Crippen LogP contribution in [-0.4, -0.2) is 18.6 Å². The van der Waals surface area contributed by atoms with Crippen LogP contribution in [0.4, 0.5) is 0 Å².